The van der Waals surface area contributed by atoms with Crippen molar-refractivity contribution in [2.75, 3.05) is 13.6 Å². The lowest BCUT2D eigenvalue weighted by Crippen LogP contribution is -2.05. The molecule has 1 aromatic heterocycles. The van der Waals surface area contributed by atoms with E-state index in [1.165, 1.54) is 0 Å². The van der Waals surface area contributed by atoms with Gasteiger partial charge in [0, 0.05) is 18.4 Å². The van der Waals surface area contributed by atoms with E-state index in [1.807, 2.05) is 25.1 Å². The first-order valence-electron chi connectivity index (χ1n) is 12.0. The van der Waals surface area contributed by atoms with Crippen LogP contribution in [-0.2, 0) is 24.1 Å². The van der Waals surface area contributed by atoms with Gasteiger partial charge < -0.3 is 19.0 Å². The Morgan fingerprint density at radius 1 is 1.26 bits per heavy atom. The Morgan fingerprint density at radius 2 is 2.06 bits per heavy atom. The smallest absolute Gasteiger partial charge is 0.303 e. The molecule has 31 heavy (non-hydrogen) atoms. The number of aromatic nitrogens is 1. The van der Waals surface area contributed by atoms with Crippen molar-refractivity contribution >= 4 is 5.97 Å². The van der Waals surface area contributed by atoms with Crippen LogP contribution in [0.5, 0.6) is 11.5 Å². The van der Waals surface area contributed by atoms with Gasteiger partial charge in [-0.15, -0.1) is 0 Å². The van der Waals surface area contributed by atoms with Crippen molar-refractivity contribution in [2.45, 2.75) is 44.9 Å². The summed E-state index contributed by atoms with van der Waals surface area (Å²) in [6.07, 6.45) is 3.15. The molecule has 0 bridgehead atoms. The average molecular weight is 425 g/mol. The minimum absolute atomic E-state index is 0.0799. The minimum Gasteiger partial charge on any atom is -0.497 e. The van der Waals surface area contributed by atoms with Gasteiger partial charge in [-0.1, -0.05) is 13.0 Å². The minimum atomic E-state index is -2.49. The number of nitrogens with zero attached hydrogens (tertiary/aromatic N) is 1. The first-order chi connectivity index (χ1) is 16.2. The fraction of sp³-hybridized carbons (Fsp3) is 0.360. The van der Waals surface area contributed by atoms with Gasteiger partial charge in [0.05, 0.1) is 29.9 Å². The Hall–Kier alpha value is -3.28. The molecule has 4 rings (SSSR count). The van der Waals surface area contributed by atoms with Crippen molar-refractivity contribution in [2.24, 2.45) is 0 Å². The topological polar surface area (TPSA) is 81.8 Å². The fourth-order valence-electron chi connectivity index (χ4n) is 4.10. The number of carboxylic acids is 1. The maximum absolute atomic E-state index is 11.1. The molecule has 0 radical (unpaired) electrons. The van der Waals surface area contributed by atoms with Crippen molar-refractivity contribution in [3.63, 3.8) is 0 Å². The molecule has 6 nitrogen and oxygen atoms in total. The largest absolute Gasteiger partial charge is 0.497 e. The molecule has 0 saturated heterocycles. The number of oxazole rings is 1. The van der Waals surface area contributed by atoms with Crippen molar-refractivity contribution in [3.05, 3.63) is 65.0 Å². The predicted octanol–water partition coefficient (Wildman–Crippen LogP) is 5.04. The zero-order chi connectivity index (χ0) is 24.3. The number of hydrogen-bond donors (Lipinski definition) is 1. The Morgan fingerprint density at radius 3 is 2.81 bits per heavy atom. The van der Waals surface area contributed by atoms with Gasteiger partial charge in [-0.25, -0.2) is 4.98 Å². The molecular formula is C25H27NO5. The molecule has 0 unspecified atom stereocenters. The molecule has 3 aromatic rings. The van der Waals surface area contributed by atoms with Crippen LogP contribution in [0.25, 0.3) is 11.5 Å². The van der Waals surface area contributed by atoms with Crippen LogP contribution in [0.3, 0.4) is 0 Å². The lowest BCUT2D eigenvalue weighted by Gasteiger charge is -2.10. The summed E-state index contributed by atoms with van der Waals surface area (Å²) in [6, 6.07) is 12.5. The fourth-order valence-corrected chi connectivity index (χ4v) is 4.10. The van der Waals surface area contributed by atoms with E-state index in [2.05, 4.69) is 4.98 Å². The Labute approximate surface area is 186 Å². The zero-order valence-corrected chi connectivity index (χ0v) is 17.4. The lowest BCUT2D eigenvalue weighted by molar-refractivity contribution is -0.137. The van der Waals surface area contributed by atoms with Gasteiger partial charge in [-0.05, 0) is 66.3 Å². The zero-order valence-electron chi connectivity index (χ0n) is 20.4. The third-order valence-electron chi connectivity index (χ3n) is 5.66. The number of aliphatic carboxylic acids is 1. The van der Waals surface area contributed by atoms with E-state index in [0.29, 0.717) is 25.3 Å². The highest BCUT2D eigenvalue weighted by Gasteiger charge is 2.25. The molecule has 0 saturated carbocycles. The molecule has 1 aliphatic rings. The van der Waals surface area contributed by atoms with Crippen molar-refractivity contribution in [1.29, 1.82) is 0 Å². The van der Waals surface area contributed by atoms with Gasteiger partial charge in [0.15, 0.2) is 0 Å². The molecule has 1 N–H and O–H groups in total. The van der Waals surface area contributed by atoms with Gasteiger partial charge >= 0.3 is 5.97 Å². The highest BCUT2D eigenvalue weighted by molar-refractivity contribution is 5.68. The number of rotatable bonds is 9. The molecule has 2 aromatic carbocycles. The predicted molar refractivity (Wildman–Crippen MR) is 117 cm³/mol. The van der Waals surface area contributed by atoms with Crippen LogP contribution in [0.1, 0.15) is 52.4 Å². The normalized spacial score (nSPS) is 16.8. The number of fused-ring (bicyclic) bond motifs is 1. The third-order valence-corrected chi connectivity index (χ3v) is 5.66. The van der Waals surface area contributed by atoms with E-state index in [-0.39, 0.29) is 18.1 Å². The number of hydrogen-bond acceptors (Lipinski definition) is 5. The lowest BCUT2D eigenvalue weighted by atomic mass is 9.98. The second-order valence-corrected chi connectivity index (χ2v) is 7.66. The molecule has 162 valence electrons. The van der Waals surface area contributed by atoms with Crippen molar-refractivity contribution < 1.29 is 27.9 Å². The molecule has 0 aliphatic heterocycles. The summed E-state index contributed by atoms with van der Waals surface area (Å²) in [4.78, 5) is 15.7. The number of carboxylic acid groups (broad SMARTS) is 1. The van der Waals surface area contributed by atoms with E-state index in [0.717, 1.165) is 46.7 Å². The van der Waals surface area contributed by atoms with E-state index in [9.17, 15) is 4.79 Å². The first-order valence-corrected chi connectivity index (χ1v) is 10.5. The van der Waals surface area contributed by atoms with Crippen molar-refractivity contribution in [1.82, 2.24) is 4.98 Å². The summed E-state index contributed by atoms with van der Waals surface area (Å²) in [5.41, 5.74) is 3.82. The van der Waals surface area contributed by atoms with Crippen LogP contribution in [0.15, 0.2) is 46.9 Å². The van der Waals surface area contributed by atoms with E-state index >= 15 is 0 Å². The summed E-state index contributed by atoms with van der Waals surface area (Å²) in [7, 11) is -2.49. The summed E-state index contributed by atoms with van der Waals surface area (Å²) >= 11 is 0. The molecule has 0 spiro atoms. The van der Waals surface area contributed by atoms with E-state index in [4.69, 9.17) is 23.1 Å². The standard InChI is InChI=1S/C25H27NO5/c1-3-23-22(26-25(31-23)16-6-8-19(29-2)9-7-16)12-13-30-20-10-11-21-17(14-20)4-5-18(21)15-24(27)28/h6-11,14,18H,3-5,12-13,15H2,1-2H3,(H,27,28)/t18-/m1/s1/i2D3. The molecule has 1 aliphatic carbocycles. The van der Waals surface area contributed by atoms with Gasteiger partial charge in [-0.2, -0.15) is 0 Å². The SMILES string of the molecule is [2H]C([2H])([2H])Oc1ccc(-c2nc(CCOc3ccc4c(c3)CC[C@@H]4CC(=O)O)c(CC)o2)cc1. The average Bonchev–Trinajstić information content (AvgIpc) is 3.36. The van der Waals surface area contributed by atoms with Gasteiger partial charge in [0.1, 0.15) is 17.3 Å². The maximum Gasteiger partial charge on any atom is 0.303 e. The second-order valence-electron chi connectivity index (χ2n) is 7.66. The summed E-state index contributed by atoms with van der Waals surface area (Å²) in [5.74, 6) is 1.58. The van der Waals surface area contributed by atoms with Crippen molar-refractivity contribution in [3.8, 4) is 23.0 Å². The van der Waals surface area contributed by atoms with Crippen LogP contribution >= 0.6 is 0 Å². The quantitative estimate of drug-likeness (QED) is 0.518. The molecular weight excluding hydrogens is 394 g/mol. The summed E-state index contributed by atoms with van der Waals surface area (Å²) < 4.78 is 38.3. The Kier molecular flexibility index (Phi) is 5.19. The highest BCUT2D eigenvalue weighted by atomic mass is 16.5. The summed E-state index contributed by atoms with van der Waals surface area (Å²) in [5, 5.41) is 9.08. The van der Waals surface area contributed by atoms with Gasteiger partial charge in [0.25, 0.3) is 0 Å². The van der Waals surface area contributed by atoms with Crippen LogP contribution in [0, 0.1) is 0 Å². The molecule has 0 fully saturated rings. The molecule has 1 atom stereocenters. The number of benzene rings is 2. The maximum atomic E-state index is 11.1. The molecule has 6 heteroatoms. The third kappa shape index (κ3) is 4.74. The van der Waals surface area contributed by atoms with Crippen LogP contribution < -0.4 is 9.47 Å². The molecule has 0 amide bonds. The number of methoxy groups -OCH3 is 1. The highest BCUT2D eigenvalue weighted by Crippen LogP contribution is 2.37. The second kappa shape index (κ2) is 9.25. The van der Waals surface area contributed by atoms with Crippen LogP contribution in [0.2, 0.25) is 0 Å². The number of aryl methyl sites for hydroxylation is 2. The summed E-state index contributed by atoms with van der Waals surface area (Å²) in [6.45, 7) is 2.43. The van der Waals surface area contributed by atoms with Gasteiger partial charge in [0.2, 0.25) is 5.89 Å². The van der Waals surface area contributed by atoms with E-state index < -0.39 is 13.0 Å². The van der Waals surface area contributed by atoms with Crippen LogP contribution in [0.4, 0.5) is 0 Å². The van der Waals surface area contributed by atoms with Gasteiger partial charge in [-0.3, -0.25) is 4.79 Å². The molecule has 1 heterocycles. The van der Waals surface area contributed by atoms with Crippen LogP contribution in [-0.4, -0.2) is 29.7 Å². The Balaban J connectivity index is 1.38. The monoisotopic (exact) mass is 424 g/mol. The first kappa shape index (κ1) is 17.4. The number of carbonyl (C=O) groups is 1. The van der Waals surface area contributed by atoms with E-state index in [1.54, 1.807) is 24.3 Å². The number of ether oxygens (including phenoxy) is 2. The Bertz CT molecular complexity index is 1150.